The second kappa shape index (κ2) is 7.02. The standard InChI is InChI=1S/C16H25N7O/c24-14(11-21-5-1-17-2-6-21)12-22-7-4-19-16(22)15-9-13-10-18-3-8-23(13)20-15/h4,7,9,14,17-18,24H,1-3,5-6,8,10-12H2/t14-/m1/s1. The molecule has 2 aromatic heterocycles. The van der Waals surface area contributed by atoms with Crippen molar-refractivity contribution in [2.75, 3.05) is 39.3 Å². The molecule has 8 heteroatoms. The lowest BCUT2D eigenvalue weighted by atomic mass is 10.2. The number of aromatic nitrogens is 4. The summed E-state index contributed by atoms with van der Waals surface area (Å²) in [7, 11) is 0. The molecular weight excluding hydrogens is 306 g/mol. The van der Waals surface area contributed by atoms with Crippen LogP contribution in [0.2, 0.25) is 0 Å². The number of rotatable bonds is 5. The van der Waals surface area contributed by atoms with E-state index in [4.69, 9.17) is 0 Å². The summed E-state index contributed by atoms with van der Waals surface area (Å²) in [6.45, 7) is 7.91. The Hall–Kier alpha value is -1.74. The summed E-state index contributed by atoms with van der Waals surface area (Å²) in [4.78, 5) is 6.77. The molecule has 2 aliphatic heterocycles. The minimum Gasteiger partial charge on any atom is -0.390 e. The van der Waals surface area contributed by atoms with Gasteiger partial charge in [-0.1, -0.05) is 0 Å². The third kappa shape index (κ3) is 3.36. The van der Waals surface area contributed by atoms with Gasteiger partial charge in [-0.15, -0.1) is 0 Å². The van der Waals surface area contributed by atoms with Gasteiger partial charge in [0.25, 0.3) is 0 Å². The number of imidazole rings is 1. The van der Waals surface area contributed by atoms with Gasteiger partial charge < -0.3 is 20.3 Å². The maximum absolute atomic E-state index is 10.5. The van der Waals surface area contributed by atoms with E-state index in [1.807, 2.05) is 15.4 Å². The van der Waals surface area contributed by atoms with E-state index < -0.39 is 6.10 Å². The molecule has 0 aliphatic carbocycles. The Morgan fingerprint density at radius 3 is 2.79 bits per heavy atom. The molecule has 1 fully saturated rings. The molecule has 0 bridgehead atoms. The molecule has 4 heterocycles. The van der Waals surface area contributed by atoms with Crippen LogP contribution in [0.4, 0.5) is 0 Å². The van der Waals surface area contributed by atoms with Crippen LogP contribution in [-0.4, -0.2) is 74.7 Å². The van der Waals surface area contributed by atoms with Crippen LogP contribution in [-0.2, 0) is 19.6 Å². The molecule has 2 aromatic rings. The van der Waals surface area contributed by atoms with Crippen LogP contribution in [0.25, 0.3) is 11.5 Å². The first-order valence-electron chi connectivity index (χ1n) is 8.70. The molecular formula is C16H25N7O. The summed E-state index contributed by atoms with van der Waals surface area (Å²) in [6, 6.07) is 2.09. The molecule has 0 radical (unpaired) electrons. The predicted molar refractivity (Wildman–Crippen MR) is 90.5 cm³/mol. The van der Waals surface area contributed by atoms with Crippen molar-refractivity contribution in [2.24, 2.45) is 0 Å². The Kier molecular flexibility index (Phi) is 4.61. The highest BCUT2D eigenvalue weighted by atomic mass is 16.3. The fraction of sp³-hybridized carbons (Fsp3) is 0.625. The quantitative estimate of drug-likeness (QED) is 0.660. The molecule has 130 valence electrons. The number of hydrogen-bond acceptors (Lipinski definition) is 6. The first-order chi connectivity index (χ1) is 11.8. The van der Waals surface area contributed by atoms with E-state index in [9.17, 15) is 5.11 Å². The van der Waals surface area contributed by atoms with Gasteiger partial charge >= 0.3 is 0 Å². The normalized spacial score (nSPS) is 20.0. The molecule has 24 heavy (non-hydrogen) atoms. The molecule has 8 nitrogen and oxygen atoms in total. The number of nitrogens with one attached hydrogen (secondary N) is 2. The van der Waals surface area contributed by atoms with Crippen molar-refractivity contribution in [1.82, 2.24) is 34.9 Å². The second-order valence-electron chi connectivity index (χ2n) is 6.53. The minimum absolute atomic E-state index is 0.407. The Labute approximate surface area is 141 Å². The van der Waals surface area contributed by atoms with Crippen LogP contribution < -0.4 is 10.6 Å². The van der Waals surface area contributed by atoms with Gasteiger partial charge in [0.15, 0.2) is 5.82 Å². The Morgan fingerprint density at radius 1 is 1.12 bits per heavy atom. The van der Waals surface area contributed by atoms with E-state index in [2.05, 4.69) is 31.7 Å². The Balaban J connectivity index is 1.45. The van der Waals surface area contributed by atoms with Crippen LogP contribution >= 0.6 is 0 Å². The molecule has 3 N–H and O–H groups in total. The smallest absolute Gasteiger partial charge is 0.160 e. The average molecular weight is 331 g/mol. The zero-order chi connectivity index (χ0) is 16.4. The van der Waals surface area contributed by atoms with Crippen molar-refractivity contribution in [1.29, 1.82) is 0 Å². The molecule has 0 unspecified atom stereocenters. The molecule has 0 aromatic carbocycles. The van der Waals surface area contributed by atoms with Crippen molar-refractivity contribution in [2.45, 2.75) is 25.7 Å². The molecule has 4 rings (SSSR count). The summed E-state index contributed by atoms with van der Waals surface area (Å²) in [5.74, 6) is 0.830. The lowest BCUT2D eigenvalue weighted by Crippen LogP contribution is -2.46. The van der Waals surface area contributed by atoms with Gasteiger partial charge in [0.1, 0.15) is 5.69 Å². The van der Waals surface area contributed by atoms with Crippen molar-refractivity contribution >= 4 is 0 Å². The van der Waals surface area contributed by atoms with Crippen molar-refractivity contribution in [3.63, 3.8) is 0 Å². The second-order valence-corrected chi connectivity index (χ2v) is 6.53. The van der Waals surface area contributed by atoms with Crippen LogP contribution in [0.3, 0.4) is 0 Å². The SMILES string of the molecule is O[C@H](CN1CCNCC1)Cn1ccnc1-c1cc2n(n1)CCNC2. The lowest BCUT2D eigenvalue weighted by molar-refractivity contribution is 0.0921. The van der Waals surface area contributed by atoms with Crippen LogP contribution in [0.5, 0.6) is 0 Å². The largest absolute Gasteiger partial charge is 0.390 e. The first kappa shape index (κ1) is 15.8. The van der Waals surface area contributed by atoms with Crippen LogP contribution in [0.15, 0.2) is 18.5 Å². The number of β-amino-alcohol motifs (C(OH)–C–C–N with tert-alkyl or cyclic N) is 1. The first-order valence-corrected chi connectivity index (χ1v) is 8.70. The highest BCUT2D eigenvalue weighted by Crippen LogP contribution is 2.19. The Bertz CT molecular complexity index is 650. The van der Waals surface area contributed by atoms with Gasteiger partial charge in [0.2, 0.25) is 0 Å². The molecule has 2 aliphatic rings. The fourth-order valence-electron chi connectivity index (χ4n) is 3.47. The number of aliphatic hydroxyl groups is 1. The summed E-state index contributed by atoms with van der Waals surface area (Å²) >= 11 is 0. The zero-order valence-electron chi connectivity index (χ0n) is 13.9. The molecule has 0 amide bonds. The van der Waals surface area contributed by atoms with Crippen molar-refractivity contribution in [3.05, 3.63) is 24.2 Å². The van der Waals surface area contributed by atoms with E-state index in [1.54, 1.807) is 6.20 Å². The molecule has 1 atom stereocenters. The maximum atomic E-state index is 10.5. The van der Waals surface area contributed by atoms with Gasteiger partial charge in [0, 0.05) is 58.2 Å². The summed E-state index contributed by atoms with van der Waals surface area (Å²) < 4.78 is 4.05. The molecule has 0 saturated carbocycles. The highest BCUT2D eigenvalue weighted by Gasteiger charge is 2.19. The fourth-order valence-corrected chi connectivity index (χ4v) is 3.47. The number of fused-ring (bicyclic) bond motifs is 1. The lowest BCUT2D eigenvalue weighted by Gasteiger charge is -2.29. The third-order valence-electron chi connectivity index (χ3n) is 4.70. The number of hydrogen-bond donors (Lipinski definition) is 3. The monoisotopic (exact) mass is 331 g/mol. The van der Waals surface area contributed by atoms with E-state index in [1.165, 1.54) is 5.69 Å². The molecule has 0 spiro atoms. The van der Waals surface area contributed by atoms with E-state index in [0.29, 0.717) is 13.1 Å². The zero-order valence-corrected chi connectivity index (χ0v) is 13.9. The number of piperazine rings is 1. The van der Waals surface area contributed by atoms with E-state index in [0.717, 1.165) is 57.3 Å². The van der Waals surface area contributed by atoms with E-state index in [-0.39, 0.29) is 0 Å². The summed E-state index contributed by atoms with van der Waals surface area (Å²) in [5.41, 5.74) is 2.07. The topological polar surface area (TPSA) is 83.2 Å². The highest BCUT2D eigenvalue weighted by molar-refractivity contribution is 5.50. The van der Waals surface area contributed by atoms with Crippen molar-refractivity contribution < 1.29 is 5.11 Å². The molecule has 1 saturated heterocycles. The van der Waals surface area contributed by atoms with Crippen molar-refractivity contribution in [3.8, 4) is 11.5 Å². The van der Waals surface area contributed by atoms with Gasteiger partial charge in [-0.2, -0.15) is 5.10 Å². The summed E-state index contributed by atoms with van der Waals surface area (Å²) in [6.07, 6.45) is 3.30. The number of aliphatic hydroxyl groups excluding tert-OH is 1. The number of nitrogens with zero attached hydrogens (tertiary/aromatic N) is 5. The maximum Gasteiger partial charge on any atom is 0.160 e. The average Bonchev–Trinajstić information content (AvgIpc) is 3.21. The van der Waals surface area contributed by atoms with Gasteiger partial charge in [-0.25, -0.2) is 4.98 Å². The predicted octanol–water partition coefficient (Wildman–Crippen LogP) is -0.884. The summed E-state index contributed by atoms with van der Waals surface area (Å²) in [5, 5.41) is 21.8. The van der Waals surface area contributed by atoms with Gasteiger partial charge in [-0.05, 0) is 6.07 Å². The van der Waals surface area contributed by atoms with E-state index >= 15 is 0 Å². The van der Waals surface area contributed by atoms with Crippen LogP contribution in [0.1, 0.15) is 5.69 Å². The Morgan fingerprint density at radius 2 is 1.96 bits per heavy atom. The van der Waals surface area contributed by atoms with Crippen LogP contribution in [0, 0.1) is 0 Å². The minimum atomic E-state index is -0.407. The third-order valence-corrected chi connectivity index (χ3v) is 4.70. The van der Waals surface area contributed by atoms with Gasteiger partial charge in [0.05, 0.1) is 24.9 Å². The van der Waals surface area contributed by atoms with Gasteiger partial charge in [-0.3, -0.25) is 9.58 Å².